The molecule has 1 aliphatic rings. The second-order valence-electron chi connectivity index (χ2n) is 5.49. The minimum atomic E-state index is -0.884. The number of oxime groups is 1. The highest BCUT2D eigenvalue weighted by atomic mass is 16.8. The summed E-state index contributed by atoms with van der Waals surface area (Å²) in [4.78, 5) is 18.5. The predicted molar refractivity (Wildman–Crippen MR) is 84.8 cm³/mol. The number of likely N-dealkylation sites (tertiary alicyclic amines) is 1. The van der Waals surface area contributed by atoms with Crippen LogP contribution in [0.25, 0.3) is 0 Å². The highest BCUT2D eigenvalue weighted by Gasteiger charge is 2.11. The molecule has 1 aromatic carbocycles. The lowest BCUT2D eigenvalue weighted by Crippen LogP contribution is -2.33. The van der Waals surface area contributed by atoms with Crippen molar-refractivity contribution >= 4 is 12.0 Å². The molecule has 0 saturated carbocycles. The first-order valence-electron chi connectivity index (χ1n) is 7.63. The standard InChI is InChI=1S/C16H23N3O3/c1-13-5-7-14(8-6-13)21-16(20)22-18-15(17)9-12-19-10-3-2-4-11-19/h5-8H,2-4,9-12H2,1H3,(H2,17,18). The second-order valence-corrected chi connectivity index (χ2v) is 5.49. The van der Waals surface area contributed by atoms with E-state index in [1.54, 1.807) is 12.1 Å². The number of rotatable bonds is 5. The van der Waals surface area contributed by atoms with Gasteiger partial charge in [0.1, 0.15) is 11.6 Å². The van der Waals surface area contributed by atoms with Crippen LogP contribution in [-0.4, -0.2) is 36.5 Å². The molecule has 1 fully saturated rings. The van der Waals surface area contributed by atoms with E-state index in [1.807, 2.05) is 19.1 Å². The fourth-order valence-corrected chi connectivity index (χ4v) is 2.32. The van der Waals surface area contributed by atoms with E-state index < -0.39 is 6.16 Å². The fraction of sp³-hybridized carbons (Fsp3) is 0.500. The number of amidine groups is 1. The fourth-order valence-electron chi connectivity index (χ4n) is 2.32. The Balaban J connectivity index is 1.70. The molecular weight excluding hydrogens is 282 g/mol. The van der Waals surface area contributed by atoms with Gasteiger partial charge in [-0.3, -0.25) is 4.84 Å². The molecule has 0 unspecified atom stereocenters. The molecule has 1 aliphatic heterocycles. The van der Waals surface area contributed by atoms with Crippen LogP contribution >= 0.6 is 0 Å². The topological polar surface area (TPSA) is 77.1 Å². The number of hydrogen-bond acceptors (Lipinski definition) is 5. The highest BCUT2D eigenvalue weighted by molar-refractivity contribution is 5.80. The van der Waals surface area contributed by atoms with Gasteiger partial charge >= 0.3 is 6.16 Å². The Bertz CT molecular complexity index is 508. The van der Waals surface area contributed by atoms with Crippen molar-refractivity contribution < 1.29 is 14.4 Å². The van der Waals surface area contributed by atoms with Crippen molar-refractivity contribution in [3.8, 4) is 5.75 Å². The Morgan fingerprint density at radius 2 is 1.91 bits per heavy atom. The number of piperidine rings is 1. The number of aryl methyl sites for hydroxylation is 1. The molecule has 0 bridgehead atoms. The van der Waals surface area contributed by atoms with Gasteiger partial charge in [-0.05, 0) is 45.0 Å². The number of hydrogen-bond donors (Lipinski definition) is 1. The maximum absolute atomic E-state index is 11.5. The molecule has 1 heterocycles. The van der Waals surface area contributed by atoms with Gasteiger partial charge in [0, 0.05) is 13.0 Å². The summed E-state index contributed by atoms with van der Waals surface area (Å²) in [7, 11) is 0. The van der Waals surface area contributed by atoms with Crippen LogP contribution in [0.2, 0.25) is 0 Å². The van der Waals surface area contributed by atoms with Crippen LogP contribution in [0, 0.1) is 6.92 Å². The minimum Gasteiger partial charge on any atom is -0.393 e. The van der Waals surface area contributed by atoms with E-state index in [0.29, 0.717) is 18.0 Å². The van der Waals surface area contributed by atoms with Crippen molar-refractivity contribution in [3.05, 3.63) is 29.8 Å². The molecule has 1 aromatic rings. The Morgan fingerprint density at radius 1 is 1.23 bits per heavy atom. The smallest absolute Gasteiger partial charge is 0.393 e. The number of ether oxygens (including phenoxy) is 1. The van der Waals surface area contributed by atoms with Gasteiger partial charge in [-0.25, -0.2) is 4.79 Å². The second kappa shape index (κ2) is 8.38. The zero-order valence-corrected chi connectivity index (χ0v) is 13.0. The highest BCUT2D eigenvalue weighted by Crippen LogP contribution is 2.12. The molecule has 0 aromatic heterocycles. The van der Waals surface area contributed by atoms with Crippen LogP contribution in [0.15, 0.2) is 29.4 Å². The van der Waals surface area contributed by atoms with Gasteiger partial charge < -0.3 is 15.4 Å². The number of nitrogens with two attached hydrogens (primary N) is 1. The Morgan fingerprint density at radius 3 is 2.59 bits per heavy atom. The van der Waals surface area contributed by atoms with E-state index in [4.69, 9.17) is 10.5 Å². The molecule has 6 nitrogen and oxygen atoms in total. The number of carbonyl (C=O) groups is 1. The van der Waals surface area contributed by atoms with Gasteiger partial charge in [0.25, 0.3) is 0 Å². The third-order valence-electron chi connectivity index (χ3n) is 3.59. The third kappa shape index (κ3) is 5.73. The lowest BCUT2D eigenvalue weighted by molar-refractivity contribution is 0.102. The lowest BCUT2D eigenvalue weighted by Gasteiger charge is -2.25. The average molecular weight is 305 g/mol. The van der Waals surface area contributed by atoms with Crippen LogP contribution in [0.5, 0.6) is 5.75 Å². The zero-order chi connectivity index (χ0) is 15.8. The summed E-state index contributed by atoms with van der Waals surface area (Å²) in [5.41, 5.74) is 6.83. The summed E-state index contributed by atoms with van der Waals surface area (Å²) in [5.74, 6) is 0.712. The summed E-state index contributed by atoms with van der Waals surface area (Å²) >= 11 is 0. The molecule has 6 heteroatoms. The van der Waals surface area contributed by atoms with Gasteiger partial charge in [-0.15, -0.1) is 0 Å². The minimum absolute atomic E-state index is 0.298. The molecule has 0 amide bonds. The molecule has 2 N–H and O–H groups in total. The molecule has 120 valence electrons. The first kappa shape index (κ1) is 16.3. The zero-order valence-electron chi connectivity index (χ0n) is 13.0. The van der Waals surface area contributed by atoms with E-state index in [-0.39, 0.29) is 0 Å². The van der Waals surface area contributed by atoms with E-state index in [0.717, 1.165) is 25.2 Å². The van der Waals surface area contributed by atoms with Crippen molar-refractivity contribution in [2.45, 2.75) is 32.6 Å². The Kier molecular flexibility index (Phi) is 6.21. The summed E-state index contributed by atoms with van der Waals surface area (Å²) in [6.45, 7) is 4.99. The third-order valence-corrected chi connectivity index (χ3v) is 3.59. The van der Waals surface area contributed by atoms with Crippen molar-refractivity contribution in [1.82, 2.24) is 4.90 Å². The molecule has 22 heavy (non-hydrogen) atoms. The average Bonchev–Trinajstić information content (AvgIpc) is 2.54. The van der Waals surface area contributed by atoms with Crippen molar-refractivity contribution in [2.75, 3.05) is 19.6 Å². The summed E-state index contributed by atoms with van der Waals surface area (Å²) in [6, 6.07) is 7.08. The molecular formula is C16H23N3O3. The Labute approximate surface area is 130 Å². The lowest BCUT2D eigenvalue weighted by atomic mass is 10.1. The summed E-state index contributed by atoms with van der Waals surface area (Å²) in [5, 5.41) is 3.62. The SMILES string of the molecule is Cc1ccc(OC(=O)ON=C(N)CCN2CCCCC2)cc1. The van der Waals surface area contributed by atoms with Crippen LogP contribution in [-0.2, 0) is 4.84 Å². The van der Waals surface area contributed by atoms with Crippen LogP contribution in [0.3, 0.4) is 0 Å². The van der Waals surface area contributed by atoms with Crippen LogP contribution in [0.4, 0.5) is 4.79 Å². The first-order valence-corrected chi connectivity index (χ1v) is 7.63. The number of carbonyl (C=O) groups excluding carboxylic acids is 1. The van der Waals surface area contributed by atoms with E-state index in [9.17, 15) is 4.79 Å². The normalized spacial score (nSPS) is 16.3. The predicted octanol–water partition coefficient (Wildman–Crippen LogP) is 2.66. The van der Waals surface area contributed by atoms with Gasteiger partial charge in [0.05, 0.1) is 0 Å². The van der Waals surface area contributed by atoms with E-state index in [2.05, 4.69) is 14.9 Å². The molecule has 1 saturated heterocycles. The van der Waals surface area contributed by atoms with Crippen molar-refractivity contribution in [2.24, 2.45) is 10.9 Å². The van der Waals surface area contributed by atoms with Gasteiger partial charge in [0.2, 0.25) is 0 Å². The monoisotopic (exact) mass is 305 g/mol. The number of nitrogens with zero attached hydrogens (tertiary/aromatic N) is 2. The van der Waals surface area contributed by atoms with E-state index in [1.165, 1.54) is 19.3 Å². The maximum Gasteiger partial charge on any atom is 0.540 e. The quantitative estimate of drug-likeness (QED) is 0.226. The van der Waals surface area contributed by atoms with Crippen molar-refractivity contribution in [1.29, 1.82) is 0 Å². The summed E-state index contributed by atoms with van der Waals surface area (Å²) < 4.78 is 4.98. The van der Waals surface area contributed by atoms with E-state index >= 15 is 0 Å². The van der Waals surface area contributed by atoms with Crippen LogP contribution in [0.1, 0.15) is 31.2 Å². The molecule has 0 aliphatic carbocycles. The van der Waals surface area contributed by atoms with Crippen LogP contribution < -0.4 is 10.5 Å². The van der Waals surface area contributed by atoms with Gasteiger partial charge in [-0.1, -0.05) is 29.3 Å². The van der Waals surface area contributed by atoms with Gasteiger partial charge in [0.15, 0.2) is 0 Å². The largest absolute Gasteiger partial charge is 0.540 e. The maximum atomic E-state index is 11.5. The van der Waals surface area contributed by atoms with Gasteiger partial charge in [-0.2, -0.15) is 0 Å². The molecule has 0 radical (unpaired) electrons. The van der Waals surface area contributed by atoms with Crippen molar-refractivity contribution in [3.63, 3.8) is 0 Å². The summed E-state index contributed by atoms with van der Waals surface area (Å²) in [6.07, 6.45) is 3.46. The molecule has 2 rings (SSSR count). The first-order chi connectivity index (χ1) is 10.6. The number of benzene rings is 1. The molecule has 0 atom stereocenters. The Hall–Kier alpha value is -2.08. The molecule has 0 spiro atoms.